The smallest absolute Gasteiger partial charge is 0.237 e. The number of nitriles is 1. The van der Waals surface area contributed by atoms with Crippen molar-refractivity contribution >= 4 is 5.69 Å². The highest BCUT2D eigenvalue weighted by atomic mass is 16.5. The van der Waals surface area contributed by atoms with Crippen LogP contribution in [-0.2, 0) is 0 Å². The molecule has 1 rings (SSSR count). The van der Waals surface area contributed by atoms with Gasteiger partial charge in [0.2, 0.25) is 5.88 Å². The van der Waals surface area contributed by atoms with E-state index in [4.69, 9.17) is 15.7 Å². The highest BCUT2D eigenvalue weighted by Crippen LogP contribution is 2.18. The number of anilines is 1. The molecule has 0 saturated heterocycles. The number of nitrogens with zero attached hydrogens (tertiary/aromatic N) is 2. The van der Waals surface area contributed by atoms with Crippen LogP contribution in [0, 0.1) is 17.2 Å². The number of nitrogen functional groups attached to an aromatic ring is 1. The summed E-state index contributed by atoms with van der Waals surface area (Å²) in [6.07, 6.45) is 1.45. The first-order valence-electron chi connectivity index (χ1n) is 4.42. The lowest BCUT2D eigenvalue weighted by Gasteiger charge is -2.09. The summed E-state index contributed by atoms with van der Waals surface area (Å²) in [5, 5.41) is 8.58. The molecule has 0 aliphatic heterocycles. The Kier molecular flexibility index (Phi) is 3.29. The molecule has 0 unspecified atom stereocenters. The van der Waals surface area contributed by atoms with Gasteiger partial charge < -0.3 is 10.5 Å². The van der Waals surface area contributed by atoms with Gasteiger partial charge in [-0.1, -0.05) is 13.8 Å². The first-order chi connectivity index (χ1) is 6.63. The van der Waals surface area contributed by atoms with Gasteiger partial charge in [0.15, 0.2) is 0 Å². The molecule has 0 radical (unpaired) electrons. The predicted molar refractivity (Wildman–Crippen MR) is 53.7 cm³/mol. The molecule has 74 valence electrons. The minimum atomic E-state index is 0.401. The molecule has 1 aromatic heterocycles. The Morgan fingerprint density at radius 3 is 2.86 bits per heavy atom. The average molecular weight is 191 g/mol. The van der Waals surface area contributed by atoms with Gasteiger partial charge in [0.25, 0.3) is 0 Å². The van der Waals surface area contributed by atoms with Gasteiger partial charge in [-0.05, 0) is 12.0 Å². The zero-order valence-corrected chi connectivity index (χ0v) is 8.32. The van der Waals surface area contributed by atoms with E-state index in [0.717, 1.165) is 0 Å². The molecule has 0 aliphatic rings. The van der Waals surface area contributed by atoms with Crippen LogP contribution in [0.5, 0.6) is 5.88 Å². The second kappa shape index (κ2) is 4.47. The Labute approximate surface area is 83.3 Å². The van der Waals surface area contributed by atoms with E-state index >= 15 is 0 Å². The molecule has 0 amide bonds. The Morgan fingerprint density at radius 1 is 1.64 bits per heavy atom. The van der Waals surface area contributed by atoms with E-state index in [0.29, 0.717) is 29.7 Å². The van der Waals surface area contributed by atoms with Crippen LogP contribution < -0.4 is 10.5 Å². The summed E-state index contributed by atoms with van der Waals surface area (Å²) in [7, 11) is 0. The highest BCUT2D eigenvalue weighted by Gasteiger charge is 2.04. The molecular weight excluding hydrogens is 178 g/mol. The van der Waals surface area contributed by atoms with Crippen LogP contribution in [0.4, 0.5) is 5.69 Å². The zero-order chi connectivity index (χ0) is 10.6. The molecule has 0 aromatic carbocycles. The van der Waals surface area contributed by atoms with Gasteiger partial charge in [-0.3, -0.25) is 0 Å². The van der Waals surface area contributed by atoms with Crippen molar-refractivity contribution in [3.05, 3.63) is 17.8 Å². The number of hydrogen-bond donors (Lipinski definition) is 1. The molecular formula is C10H13N3O. The van der Waals surface area contributed by atoms with Gasteiger partial charge in [0, 0.05) is 6.20 Å². The van der Waals surface area contributed by atoms with Crippen LogP contribution in [0.25, 0.3) is 0 Å². The second-order valence-electron chi connectivity index (χ2n) is 3.44. The Balaban J connectivity index is 2.75. The Morgan fingerprint density at radius 2 is 2.36 bits per heavy atom. The topological polar surface area (TPSA) is 71.9 Å². The molecule has 4 heteroatoms. The van der Waals surface area contributed by atoms with Crippen molar-refractivity contribution in [3.63, 3.8) is 0 Å². The number of aromatic nitrogens is 1. The normalized spacial score (nSPS) is 9.86. The van der Waals surface area contributed by atoms with Gasteiger partial charge in [0.1, 0.15) is 6.07 Å². The van der Waals surface area contributed by atoms with Crippen LogP contribution >= 0.6 is 0 Å². The monoisotopic (exact) mass is 191 g/mol. The number of hydrogen-bond acceptors (Lipinski definition) is 4. The first-order valence-corrected chi connectivity index (χ1v) is 4.42. The van der Waals surface area contributed by atoms with Gasteiger partial charge in [-0.2, -0.15) is 5.26 Å². The molecule has 0 saturated carbocycles. The van der Waals surface area contributed by atoms with Gasteiger partial charge in [-0.15, -0.1) is 0 Å². The quantitative estimate of drug-likeness (QED) is 0.787. The van der Waals surface area contributed by atoms with Crippen molar-refractivity contribution in [2.75, 3.05) is 12.3 Å². The molecule has 0 fully saturated rings. The van der Waals surface area contributed by atoms with Crippen molar-refractivity contribution in [1.29, 1.82) is 5.26 Å². The summed E-state index contributed by atoms with van der Waals surface area (Å²) in [6, 6.07) is 3.52. The highest BCUT2D eigenvalue weighted by molar-refractivity contribution is 5.51. The van der Waals surface area contributed by atoms with E-state index in [1.165, 1.54) is 6.20 Å². The summed E-state index contributed by atoms with van der Waals surface area (Å²) >= 11 is 0. The van der Waals surface area contributed by atoms with E-state index in [9.17, 15) is 0 Å². The molecule has 4 nitrogen and oxygen atoms in total. The van der Waals surface area contributed by atoms with E-state index in [1.807, 2.05) is 19.9 Å². The molecule has 0 bridgehead atoms. The van der Waals surface area contributed by atoms with Crippen LogP contribution in [-0.4, -0.2) is 11.6 Å². The van der Waals surface area contributed by atoms with Crippen molar-refractivity contribution in [2.45, 2.75) is 13.8 Å². The third-order valence-corrected chi connectivity index (χ3v) is 1.56. The lowest BCUT2D eigenvalue weighted by molar-refractivity contribution is 0.263. The van der Waals surface area contributed by atoms with Crippen LogP contribution in [0.1, 0.15) is 19.4 Å². The fourth-order valence-corrected chi connectivity index (χ4v) is 0.897. The fraction of sp³-hybridized carbons (Fsp3) is 0.400. The minimum Gasteiger partial charge on any atom is -0.476 e. The standard InChI is InChI=1S/C10H13N3O/c1-7(2)6-14-10-9(12)3-8(4-11)5-13-10/h3,5,7H,6,12H2,1-2H3. The maximum atomic E-state index is 8.58. The number of pyridine rings is 1. The Bertz CT molecular complexity index is 355. The van der Waals surface area contributed by atoms with Crippen molar-refractivity contribution in [2.24, 2.45) is 5.92 Å². The molecule has 0 aliphatic carbocycles. The van der Waals surface area contributed by atoms with E-state index < -0.39 is 0 Å². The molecule has 14 heavy (non-hydrogen) atoms. The third-order valence-electron chi connectivity index (χ3n) is 1.56. The molecule has 1 aromatic rings. The van der Waals surface area contributed by atoms with Gasteiger partial charge in [0.05, 0.1) is 17.9 Å². The SMILES string of the molecule is CC(C)COc1ncc(C#N)cc1N. The minimum absolute atomic E-state index is 0.401. The maximum Gasteiger partial charge on any atom is 0.237 e. The third kappa shape index (κ3) is 2.63. The zero-order valence-electron chi connectivity index (χ0n) is 8.32. The molecule has 0 atom stereocenters. The second-order valence-corrected chi connectivity index (χ2v) is 3.44. The summed E-state index contributed by atoms with van der Waals surface area (Å²) in [6.45, 7) is 4.66. The van der Waals surface area contributed by atoms with Gasteiger partial charge in [-0.25, -0.2) is 4.98 Å². The summed E-state index contributed by atoms with van der Waals surface area (Å²) in [5.41, 5.74) is 6.50. The summed E-state index contributed by atoms with van der Waals surface area (Å²) in [4.78, 5) is 3.95. The van der Waals surface area contributed by atoms with Crippen molar-refractivity contribution < 1.29 is 4.74 Å². The largest absolute Gasteiger partial charge is 0.476 e. The predicted octanol–water partition coefficient (Wildman–Crippen LogP) is 1.57. The summed E-state index contributed by atoms with van der Waals surface area (Å²) < 4.78 is 5.35. The van der Waals surface area contributed by atoms with Crippen LogP contribution in [0.15, 0.2) is 12.3 Å². The van der Waals surface area contributed by atoms with E-state index in [2.05, 4.69) is 4.98 Å². The lowest BCUT2D eigenvalue weighted by Crippen LogP contribution is -2.07. The molecule has 1 heterocycles. The average Bonchev–Trinajstić information content (AvgIpc) is 2.15. The number of rotatable bonds is 3. The molecule has 2 N–H and O–H groups in total. The fourth-order valence-electron chi connectivity index (χ4n) is 0.897. The first kappa shape index (κ1) is 10.3. The summed E-state index contributed by atoms with van der Waals surface area (Å²) in [5.74, 6) is 0.824. The van der Waals surface area contributed by atoms with Crippen molar-refractivity contribution in [1.82, 2.24) is 4.98 Å². The Hall–Kier alpha value is -1.76. The van der Waals surface area contributed by atoms with Crippen LogP contribution in [0.3, 0.4) is 0 Å². The molecule has 0 spiro atoms. The van der Waals surface area contributed by atoms with Crippen LogP contribution in [0.2, 0.25) is 0 Å². The van der Waals surface area contributed by atoms with Gasteiger partial charge >= 0.3 is 0 Å². The van der Waals surface area contributed by atoms with Crippen molar-refractivity contribution in [3.8, 4) is 11.9 Å². The maximum absolute atomic E-state index is 8.58. The van der Waals surface area contributed by atoms with E-state index in [-0.39, 0.29) is 0 Å². The number of ether oxygens (including phenoxy) is 1. The lowest BCUT2D eigenvalue weighted by atomic mass is 10.2. The number of nitrogens with two attached hydrogens (primary N) is 1. The van der Waals surface area contributed by atoms with E-state index in [1.54, 1.807) is 6.07 Å².